The first-order valence-electron chi connectivity index (χ1n) is 11.8. The van der Waals surface area contributed by atoms with E-state index in [4.69, 9.17) is 10.2 Å². The van der Waals surface area contributed by atoms with E-state index in [0.29, 0.717) is 35.5 Å². The molecule has 0 N–H and O–H groups in total. The molecule has 29 heavy (non-hydrogen) atoms. The maximum atomic E-state index is 5.19. The number of hydrogen-bond donors (Lipinski definition) is 0. The third kappa shape index (κ3) is 3.37. The van der Waals surface area contributed by atoms with Crippen molar-refractivity contribution in [3.63, 3.8) is 0 Å². The molecule has 2 aliphatic carbocycles. The van der Waals surface area contributed by atoms with Gasteiger partial charge in [0.15, 0.2) is 0 Å². The lowest BCUT2D eigenvalue weighted by atomic mass is 9.77. The van der Waals surface area contributed by atoms with Crippen LogP contribution in [0.5, 0.6) is 0 Å². The molecule has 0 saturated heterocycles. The van der Waals surface area contributed by atoms with Crippen LogP contribution in [0.15, 0.2) is 12.4 Å². The number of nitrogens with zero attached hydrogens (tertiary/aromatic N) is 4. The summed E-state index contributed by atoms with van der Waals surface area (Å²) in [5.41, 5.74) is 5.26. The third-order valence-electron chi connectivity index (χ3n) is 7.86. The van der Waals surface area contributed by atoms with Gasteiger partial charge in [-0.3, -0.25) is 0 Å². The van der Waals surface area contributed by atoms with Gasteiger partial charge in [0.25, 0.3) is 0 Å². The zero-order valence-corrected chi connectivity index (χ0v) is 19.7. The van der Waals surface area contributed by atoms with Gasteiger partial charge < -0.3 is 0 Å². The molecule has 0 spiro atoms. The van der Waals surface area contributed by atoms with Crippen molar-refractivity contribution in [2.75, 3.05) is 0 Å². The van der Waals surface area contributed by atoms with Crippen molar-refractivity contribution >= 4 is 0 Å². The van der Waals surface area contributed by atoms with E-state index in [9.17, 15) is 0 Å². The van der Waals surface area contributed by atoms with Gasteiger partial charge in [0, 0.05) is 24.2 Å². The van der Waals surface area contributed by atoms with Crippen LogP contribution in [0.2, 0.25) is 0 Å². The fraction of sp³-hybridized carbons (Fsp3) is 0.760. The molecular formula is C25H40N4. The summed E-state index contributed by atoms with van der Waals surface area (Å²) in [4.78, 5) is 0. The monoisotopic (exact) mass is 396 g/mol. The van der Waals surface area contributed by atoms with Crippen LogP contribution in [0.4, 0.5) is 0 Å². The molecule has 2 aromatic heterocycles. The normalized spacial score (nSPS) is 27.4. The molecule has 4 nitrogen and oxygen atoms in total. The Morgan fingerprint density at radius 2 is 1.14 bits per heavy atom. The van der Waals surface area contributed by atoms with Crippen molar-refractivity contribution in [2.45, 2.75) is 110 Å². The number of hydrogen-bond acceptors (Lipinski definition) is 2. The van der Waals surface area contributed by atoms with Crippen LogP contribution in [0.1, 0.15) is 127 Å². The van der Waals surface area contributed by atoms with Gasteiger partial charge >= 0.3 is 0 Å². The van der Waals surface area contributed by atoms with Crippen LogP contribution in [0.3, 0.4) is 0 Å². The summed E-state index contributed by atoms with van der Waals surface area (Å²) >= 11 is 0. The highest BCUT2D eigenvalue weighted by molar-refractivity contribution is 5.31. The van der Waals surface area contributed by atoms with Gasteiger partial charge in [-0.2, -0.15) is 10.2 Å². The molecule has 2 aliphatic rings. The summed E-state index contributed by atoms with van der Waals surface area (Å²) in [6, 6.07) is 0. The standard InChI is InChI=1S/C25H40N4/c1-15(2)19-11-9-17(5)21-13-28(26-23(19)21)25(7,8)29-14-22-18(6)10-12-20(16(3)4)24(22)27-29/h13-20H,9-12H2,1-8H3/t17-,18-,19-,20+/m1/s1. The molecule has 0 bridgehead atoms. The van der Waals surface area contributed by atoms with Crippen LogP contribution >= 0.6 is 0 Å². The molecule has 2 heterocycles. The summed E-state index contributed by atoms with van der Waals surface area (Å²) < 4.78 is 4.39. The maximum Gasteiger partial charge on any atom is 0.148 e. The average molecular weight is 397 g/mol. The van der Waals surface area contributed by atoms with Crippen LogP contribution in [0.25, 0.3) is 0 Å². The first-order chi connectivity index (χ1) is 13.6. The lowest BCUT2D eigenvalue weighted by Gasteiger charge is -2.28. The molecule has 2 aromatic rings. The van der Waals surface area contributed by atoms with Crippen LogP contribution < -0.4 is 0 Å². The SMILES string of the molecule is CC(C)[C@@H]1CC[C@@H](C)c2cn(C(C)(C)n3cc4c(n3)[C@@H](C(C)C)CC[C@H]4C)nc21. The van der Waals surface area contributed by atoms with Crippen molar-refractivity contribution < 1.29 is 0 Å². The van der Waals surface area contributed by atoms with E-state index < -0.39 is 0 Å². The smallest absolute Gasteiger partial charge is 0.148 e. The van der Waals surface area contributed by atoms with Crippen LogP contribution in [-0.4, -0.2) is 19.6 Å². The summed E-state index contributed by atoms with van der Waals surface area (Å²) in [5, 5.41) is 10.4. The number of rotatable bonds is 4. The van der Waals surface area contributed by atoms with E-state index in [1.807, 2.05) is 0 Å². The zero-order valence-electron chi connectivity index (χ0n) is 19.7. The highest BCUT2D eigenvalue weighted by Crippen LogP contribution is 2.44. The lowest BCUT2D eigenvalue weighted by molar-refractivity contribution is 0.230. The fourth-order valence-corrected chi connectivity index (χ4v) is 5.54. The van der Waals surface area contributed by atoms with Crippen LogP contribution in [-0.2, 0) is 5.66 Å². The number of aromatic nitrogens is 4. The molecule has 0 aliphatic heterocycles. The summed E-state index contributed by atoms with van der Waals surface area (Å²) in [6.45, 7) is 18.6. The van der Waals surface area contributed by atoms with Crippen molar-refractivity contribution in [3.8, 4) is 0 Å². The number of fused-ring (bicyclic) bond motifs is 2. The third-order valence-corrected chi connectivity index (χ3v) is 7.86. The molecule has 4 atom stereocenters. The summed E-state index contributed by atoms with van der Waals surface area (Å²) in [5.74, 6) is 3.63. The Morgan fingerprint density at radius 1 is 0.759 bits per heavy atom. The minimum Gasteiger partial charge on any atom is -0.245 e. The predicted octanol–water partition coefficient (Wildman–Crippen LogP) is 6.59. The zero-order chi connectivity index (χ0) is 21.1. The van der Waals surface area contributed by atoms with Gasteiger partial charge in [-0.1, -0.05) is 41.5 Å². The molecule has 0 amide bonds. The molecule has 0 saturated carbocycles. The molecular weight excluding hydrogens is 356 g/mol. The second-order valence-electron chi connectivity index (χ2n) is 11.0. The Labute approximate surface area is 177 Å². The van der Waals surface area contributed by atoms with Gasteiger partial charge in [-0.25, -0.2) is 9.36 Å². The molecule has 0 radical (unpaired) electrons. The molecule has 4 rings (SSSR count). The Kier molecular flexibility index (Phi) is 5.19. The van der Waals surface area contributed by atoms with Gasteiger partial charge in [0.2, 0.25) is 0 Å². The highest BCUT2D eigenvalue weighted by Gasteiger charge is 2.36. The average Bonchev–Trinajstić information content (AvgIpc) is 3.28. The highest BCUT2D eigenvalue weighted by atomic mass is 15.5. The Bertz CT molecular complexity index is 799. The largest absolute Gasteiger partial charge is 0.245 e. The van der Waals surface area contributed by atoms with E-state index in [1.54, 1.807) is 0 Å². The molecule has 4 heteroatoms. The second kappa shape index (κ2) is 7.28. The quantitative estimate of drug-likeness (QED) is 0.584. The van der Waals surface area contributed by atoms with Crippen molar-refractivity contribution in [2.24, 2.45) is 11.8 Å². The predicted molar refractivity (Wildman–Crippen MR) is 120 cm³/mol. The first-order valence-corrected chi connectivity index (χ1v) is 11.8. The second-order valence-corrected chi connectivity index (χ2v) is 11.0. The lowest BCUT2D eigenvalue weighted by Crippen LogP contribution is -2.36. The van der Waals surface area contributed by atoms with Gasteiger partial charge in [0.05, 0.1) is 11.4 Å². The Balaban J connectivity index is 1.75. The van der Waals surface area contributed by atoms with E-state index in [1.165, 1.54) is 48.2 Å². The fourth-order valence-electron chi connectivity index (χ4n) is 5.54. The molecule has 0 fully saturated rings. The van der Waals surface area contributed by atoms with E-state index in [0.717, 1.165) is 0 Å². The minimum absolute atomic E-state index is 0.308. The van der Waals surface area contributed by atoms with Gasteiger partial charge in [-0.15, -0.1) is 0 Å². The van der Waals surface area contributed by atoms with E-state index in [-0.39, 0.29) is 5.66 Å². The van der Waals surface area contributed by atoms with Crippen LogP contribution in [0, 0.1) is 11.8 Å². The van der Waals surface area contributed by atoms with Crippen molar-refractivity contribution in [1.82, 2.24) is 19.6 Å². The molecule has 160 valence electrons. The summed E-state index contributed by atoms with van der Waals surface area (Å²) in [7, 11) is 0. The summed E-state index contributed by atoms with van der Waals surface area (Å²) in [6.07, 6.45) is 9.69. The topological polar surface area (TPSA) is 35.6 Å². The maximum absolute atomic E-state index is 5.19. The van der Waals surface area contributed by atoms with Gasteiger partial charge in [-0.05, 0) is 74.3 Å². The van der Waals surface area contributed by atoms with E-state index >= 15 is 0 Å². The van der Waals surface area contributed by atoms with Crippen molar-refractivity contribution in [1.29, 1.82) is 0 Å². The molecule has 0 aromatic carbocycles. The van der Waals surface area contributed by atoms with Crippen molar-refractivity contribution in [3.05, 3.63) is 34.9 Å². The van der Waals surface area contributed by atoms with E-state index in [2.05, 4.69) is 77.1 Å². The Morgan fingerprint density at radius 3 is 1.48 bits per heavy atom. The Hall–Kier alpha value is -1.58. The van der Waals surface area contributed by atoms with Gasteiger partial charge in [0.1, 0.15) is 5.66 Å². The molecule has 0 unspecified atom stereocenters. The first kappa shape index (κ1) is 20.7. The minimum atomic E-state index is -0.308.